The molecule has 0 amide bonds. The van der Waals surface area contributed by atoms with Gasteiger partial charge in [-0.15, -0.1) is 0 Å². The third kappa shape index (κ3) is 4.39. The van der Waals surface area contributed by atoms with E-state index in [-0.39, 0.29) is 17.2 Å². The minimum Gasteiger partial charge on any atom is -0.481 e. The Morgan fingerprint density at radius 1 is 1.21 bits per heavy atom. The number of carboxylic acids is 1. The predicted octanol–water partition coefficient (Wildman–Crippen LogP) is 3.92. The molecule has 1 heterocycles. The number of ether oxygens (including phenoxy) is 1. The van der Waals surface area contributed by atoms with Crippen molar-refractivity contribution >= 4 is 11.7 Å². The van der Waals surface area contributed by atoms with Crippen LogP contribution in [0.5, 0.6) is 11.5 Å². The molecular formula is C18H15F3N2O5. The van der Waals surface area contributed by atoms with Gasteiger partial charge in [0.15, 0.2) is 0 Å². The van der Waals surface area contributed by atoms with E-state index in [0.717, 1.165) is 24.3 Å². The van der Waals surface area contributed by atoms with E-state index in [9.17, 15) is 28.1 Å². The molecule has 0 atom stereocenters. The molecule has 2 aromatic carbocycles. The number of carbonyl (C=O) groups is 1. The molecule has 1 aliphatic rings. The molecule has 0 radical (unpaired) electrons. The molecule has 28 heavy (non-hydrogen) atoms. The van der Waals surface area contributed by atoms with Crippen LogP contribution in [0.25, 0.3) is 0 Å². The fourth-order valence-electron chi connectivity index (χ4n) is 2.84. The van der Waals surface area contributed by atoms with Crippen LogP contribution in [0.3, 0.4) is 0 Å². The van der Waals surface area contributed by atoms with E-state index in [1.165, 1.54) is 12.1 Å². The van der Waals surface area contributed by atoms with Crippen LogP contribution in [0.4, 0.5) is 18.9 Å². The smallest absolute Gasteiger partial charge is 0.416 e. The van der Waals surface area contributed by atoms with Crippen LogP contribution >= 0.6 is 0 Å². The first-order valence-corrected chi connectivity index (χ1v) is 8.21. The Bertz CT molecular complexity index is 893. The fraction of sp³-hybridized carbons (Fsp3) is 0.278. The first-order chi connectivity index (χ1) is 13.1. The number of alkyl halides is 3. The topological polar surface area (TPSA) is 92.9 Å². The lowest BCUT2D eigenvalue weighted by molar-refractivity contribution is -0.385. The van der Waals surface area contributed by atoms with Gasteiger partial charge in [0.2, 0.25) is 5.75 Å². The molecule has 10 heteroatoms. The van der Waals surface area contributed by atoms with Gasteiger partial charge in [-0.05, 0) is 35.9 Å². The van der Waals surface area contributed by atoms with Gasteiger partial charge in [-0.3, -0.25) is 19.8 Å². The van der Waals surface area contributed by atoms with E-state index in [1.807, 2.05) is 4.90 Å². The number of hydrogen-bond acceptors (Lipinski definition) is 5. The van der Waals surface area contributed by atoms with Crippen LogP contribution in [-0.2, 0) is 17.5 Å². The Balaban J connectivity index is 1.73. The zero-order valence-electron chi connectivity index (χ0n) is 14.3. The Morgan fingerprint density at radius 3 is 2.39 bits per heavy atom. The quantitative estimate of drug-likeness (QED) is 0.588. The summed E-state index contributed by atoms with van der Waals surface area (Å²) in [7, 11) is 0. The van der Waals surface area contributed by atoms with Gasteiger partial charge < -0.3 is 9.84 Å². The lowest BCUT2D eigenvalue weighted by Crippen LogP contribution is -2.49. The lowest BCUT2D eigenvalue weighted by atomic mass is 9.99. The van der Waals surface area contributed by atoms with Gasteiger partial charge in [0.05, 0.1) is 16.4 Å². The molecule has 0 aromatic heterocycles. The van der Waals surface area contributed by atoms with Crippen molar-refractivity contribution in [3.63, 3.8) is 0 Å². The molecule has 1 N–H and O–H groups in total. The highest BCUT2D eigenvalue weighted by molar-refractivity contribution is 5.71. The molecule has 0 bridgehead atoms. The Morgan fingerprint density at radius 2 is 1.86 bits per heavy atom. The van der Waals surface area contributed by atoms with E-state index in [2.05, 4.69) is 0 Å². The summed E-state index contributed by atoms with van der Waals surface area (Å²) in [6, 6.07) is 8.13. The van der Waals surface area contributed by atoms with Crippen molar-refractivity contribution in [2.24, 2.45) is 5.92 Å². The van der Waals surface area contributed by atoms with Crippen molar-refractivity contribution in [1.29, 1.82) is 0 Å². The predicted molar refractivity (Wildman–Crippen MR) is 91.0 cm³/mol. The number of rotatable bonds is 6. The minimum absolute atomic E-state index is 0.0379. The monoisotopic (exact) mass is 396 g/mol. The number of aliphatic carboxylic acids is 1. The highest BCUT2D eigenvalue weighted by Gasteiger charge is 2.33. The molecule has 1 aliphatic heterocycles. The van der Waals surface area contributed by atoms with E-state index >= 15 is 0 Å². The molecular weight excluding hydrogens is 381 g/mol. The average molecular weight is 396 g/mol. The Labute approximate surface area is 157 Å². The standard InChI is InChI=1S/C18H15F3N2O5/c19-18(20,21)13-2-4-14(5-3-13)28-16-6-1-11(7-15(16)23(26)27)8-22-9-12(10-22)17(24)25/h1-7,12H,8-10H2,(H,24,25). The molecule has 1 fully saturated rings. The lowest BCUT2D eigenvalue weighted by Gasteiger charge is -2.36. The number of carboxylic acid groups (broad SMARTS) is 1. The zero-order valence-corrected chi connectivity index (χ0v) is 14.3. The molecule has 0 saturated carbocycles. The van der Waals surface area contributed by atoms with Crippen LogP contribution in [0.15, 0.2) is 42.5 Å². The van der Waals surface area contributed by atoms with Crippen molar-refractivity contribution in [2.45, 2.75) is 12.7 Å². The molecule has 1 saturated heterocycles. The van der Waals surface area contributed by atoms with Crippen molar-refractivity contribution in [1.82, 2.24) is 4.90 Å². The van der Waals surface area contributed by atoms with Gasteiger partial charge in [0, 0.05) is 25.7 Å². The number of likely N-dealkylation sites (tertiary alicyclic amines) is 1. The zero-order chi connectivity index (χ0) is 20.5. The van der Waals surface area contributed by atoms with Crippen LogP contribution in [0, 0.1) is 16.0 Å². The second-order valence-electron chi connectivity index (χ2n) is 6.41. The van der Waals surface area contributed by atoms with Crippen molar-refractivity contribution < 1.29 is 32.7 Å². The third-order valence-corrected chi connectivity index (χ3v) is 4.34. The fourth-order valence-corrected chi connectivity index (χ4v) is 2.84. The SMILES string of the molecule is O=C(O)C1CN(Cc2ccc(Oc3ccc(C(F)(F)F)cc3)c([N+](=O)[O-])c2)C1. The Hall–Kier alpha value is -3.14. The van der Waals surface area contributed by atoms with Crippen LogP contribution in [-0.4, -0.2) is 34.0 Å². The molecule has 3 rings (SSSR count). The second kappa shape index (κ2) is 7.47. The summed E-state index contributed by atoms with van der Waals surface area (Å²) in [6.45, 7) is 1.09. The largest absolute Gasteiger partial charge is 0.481 e. The Kier molecular flexibility index (Phi) is 5.23. The first-order valence-electron chi connectivity index (χ1n) is 8.21. The number of benzene rings is 2. The number of hydrogen-bond donors (Lipinski definition) is 1. The maximum atomic E-state index is 12.6. The molecule has 0 spiro atoms. The van der Waals surface area contributed by atoms with Gasteiger partial charge in [-0.1, -0.05) is 6.07 Å². The number of nitro benzene ring substituents is 1. The maximum Gasteiger partial charge on any atom is 0.416 e. The molecule has 0 unspecified atom stereocenters. The molecule has 7 nitrogen and oxygen atoms in total. The van der Waals surface area contributed by atoms with Crippen molar-refractivity contribution in [2.75, 3.05) is 13.1 Å². The molecule has 2 aromatic rings. The number of nitrogens with zero attached hydrogens (tertiary/aromatic N) is 2. The maximum absolute atomic E-state index is 12.6. The summed E-state index contributed by atoms with van der Waals surface area (Å²) in [5.74, 6) is -1.36. The van der Waals surface area contributed by atoms with Gasteiger partial charge in [-0.25, -0.2) is 0 Å². The summed E-state index contributed by atoms with van der Waals surface area (Å²) in [5, 5.41) is 20.2. The highest BCUT2D eigenvalue weighted by atomic mass is 19.4. The summed E-state index contributed by atoms with van der Waals surface area (Å²) in [6.07, 6.45) is -4.48. The van der Waals surface area contributed by atoms with Crippen LogP contribution < -0.4 is 4.74 Å². The van der Waals surface area contributed by atoms with Crippen molar-refractivity contribution in [3.05, 3.63) is 63.7 Å². The number of halogens is 3. The van der Waals surface area contributed by atoms with E-state index < -0.39 is 28.6 Å². The van der Waals surface area contributed by atoms with E-state index in [4.69, 9.17) is 9.84 Å². The van der Waals surface area contributed by atoms with Gasteiger partial charge in [-0.2, -0.15) is 13.2 Å². The second-order valence-corrected chi connectivity index (χ2v) is 6.41. The third-order valence-electron chi connectivity index (χ3n) is 4.34. The normalized spacial score (nSPS) is 15.1. The summed E-state index contributed by atoms with van der Waals surface area (Å²) < 4.78 is 43.2. The van der Waals surface area contributed by atoms with E-state index in [0.29, 0.717) is 25.2 Å². The average Bonchev–Trinajstić information content (AvgIpc) is 2.58. The van der Waals surface area contributed by atoms with E-state index in [1.54, 1.807) is 6.07 Å². The van der Waals surface area contributed by atoms with Crippen LogP contribution in [0.2, 0.25) is 0 Å². The first kappa shape index (κ1) is 19.6. The van der Waals surface area contributed by atoms with Gasteiger partial charge in [0.25, 0.3) is 0 Å². The number of nitro groups is 1. The van der Waals surface area contributed by atoms with Gasteiger partial charge in [0.1, 0.15) is 5.75 Å². The molecule has 148 valence electrons. The highest BCUT2D eigenvalue weighted by Crippen LogP contribution is 2.35. The van der Waals surface area contributed by atoms with Crippen molar-refractivity contribution in [3.8, 4) is 11.5 Å². The summed E-state index contributed by atoms with van der Waals surface area (Å²) in [4.78, 5) is 23.4. The van der Waals surface area contributed by atoms with Gasteiger partial charge >= 0.3 is 17.8 Å². The summed E-state index contributed by atoms with van der Waals surface area (Å²) in [5.41, 5.74) is -0.568. The summed E-state index contributed by atoms with van der Waals surface area (Å²) >= 11 is 0. The molecule has 0 aliphatic carbocycles. The minimum atomic E-state index is -4.48. The van der Waals surface area contributed by atoms with Crippen LogP contribution in [0.1, 0.15) is 11.1 Å².